The fourth-order valence-corrected chi connectivity index (χ4v) is 4.82. The molecule has 31 heavy (non-hydrogen) atoms. The molecule has 5 aromatic rings. The van der Waals surface area contributed by atoms with E-state index in [2.05, 4.69) is 25.4 Å². The Hall–Kier alpha value is -3.37. The second-order valence-electron chi connectivity index (χ2n) is 6.78. The van der Waals surface area contributed by atoms with Crippen molar-refractivity contribution in [2.75, 3.05) is 11.1 Å². The van der Waals surface area contributed by atoms with Crippen LogP contribution in [0, 0.1) is 12.7 Å². The Morgan fingerprint density at radius 3 is 2.87 bits per heavy atom. The minimum atomic E-state index is -0.319. The zero-order valence-electron chi connectivity index (χ0n) is 16.2. The average Bonchev–Trinajstić information content (AvgIpc) is 3.36. The molecule has 0 saturated heterocycles. The molecule has 1 N–H and O–H groups in total. The van der Waals surface area contributed by atoms with Gasteiger partial charge >= 0.3 is 0 Å². The van der Waals surface area contributed by atoms with Crippen molar-refractivity contribution in [2.24, 2.45) is 0 Å². The summed E-state index contributed by atoms with van der Waals surface area (Å²) in [5.41, 5.74) is 3.30. The first-order chi connectivity index (χ1) is 15.1. The van der Waals surface area contributed by atoms with E-state index in [0.29, 0.717) is 21.5 Å². The number of thiazole rings is 1. The molecule has 3 aromatic heterocycles. The SMILES string of the molecule is Cc1ccc2nc(NC(=O)CSc3ncnc4c3cnn4-c3ccc(F)cc3)sc2c1. The predicted octanol–water partition coefficient (Wildman–Crippen LogP) is 4.60. The highest BCUT2D eigenvalue weighted by Crippen LogP contribution is 2.28. The maximum atomic E-state index is 13.2. The molecular weight excluding hydrogens is 435 g/mol. The standard InChI is InChI=1S/C21H15FN6OS2/c1-12-2-7-16-17(8-12)31-21(26-16)27-18(29)10-30-20-15-9-25-28(19(15)23-11-24-20)14-5-3-13(22)4-6-14/h2-9,11H,10H2,1H3,(H,26,27,29). The number of fused-ring (bicyclic) bond motifs is 2. The van der Waals surface area contributed by atoms with Crippen LogP contribution < -0.4 is 5.32 Å². The molecule has 154 valence electrons. The predicted molar refractivity (Wildman–Crippen MR) is 120 cm³/mol. The van der Waals surface area contributed by atoms with Crippen LogP contribution in [0.3, 0.4) is 0 Å². The second-order valence-corrected chi connectivity index (χ2v) is 8.77. The third-order valence-corrected chi connectivity index (χ3v) is 6.47. The number of rotatable bonds is 5. The summed E-state index contributed by atoms with van der Waals surface area (Å²) in [4.78, 5) is 25.5. The normalized spacial score (nSPS) is 11.3. The number of anilines is 1. The van der Waals surface area contributed by atoms with Crippen LogP contribution in [-0.2, 0) is 4.79 Å². The van der Waals surface area contributed by atoms with E-state index in [9.17, 15) is 9.18 Å². The molecule has 7 nitrogen and oxygen atoms in total. The molecule has 0 spiro atoms. The Morgan fingerprint density at radius 2 is 2.03 bits per heavy atom. The molecular formula is C21H15FN6OS2. The number of nitrogens with zero attached hydrogens (tertiary/aromatic N) is 5. The lowest BCUT2D eigenvalue weighted by Crippen LogP contribution is -2.13. The van der Waals surface area contributed by atoms with E-state index >= 15 is 0 Å². The highest BCUT2D eigenvalue weighted by Gasteiger charge is 2.14. The van der Waals surface area contributed by atoms with E-state index in [4.69, 9.17) is 0 Å². The Balaban J connectivity index is 1.32. The van der Waals surface area contributed by atoms with Gasteiger partial charge in [-0.15, -0.1) is 0 Å². The summed E-state index contributed by atoms with van der Waals surface area (Å²) < 4.78 is 15.9. The lowest BCUT2D eigenvalue weighted by atomic mass is 10.2. The number of nitrogens with one attached hydrogen (secondary N) is 1. The van der Waals surface area contributed by atoms with Crippen molar-refractivity contribution in [3.05, 3.63) is 66.4 Å². The molecule has 0 fully saturated rings. The topological polar surface area (TPSA) is 85.6 Å². The first-order valence-corrected chi connectivity index (χ1v) is 11.1. The zero-order valence-corrected chi connectivity index (χ0v) is 17.9. The molecule has 0 aliphatic heterocycles. The Kier molecular flexibility index (Phi) is 5.08. The van der Waals surface area contributed by atoms with E-state index in [1.165, 1.54) is 41.6 Å². The van der Waals surface area contributed by atoms with Gasteiger partial charge in [0.2, 0.25) is 5.91 Å². The Morgan fingerprint density at radius 1 is 1.19 bits per heavy atom. The number of thioether (sulfide) groups is 1. The van der Waals surface area contributed by atoms with Gasteiger partial charge in [-0.2, -0.15) is 5.10 Å². The van der Waals surface area contributed by atoms with E-state index in [-0.39, 0.29) is 17.5 Å². The lowest BCUT2D eigenvalue weighted by molar-refractivity contribution is -0.113. The highest BCUT2D eigenvalue weighted by atomic mass is 32.2. The van der Waals surface area contributed by atoms with Gasteiger partial charge in [0.25, 0.3) is 0 Å². The molecule has 0 bridgehead atoms. The van der Waals surface area contributed by atoms with E-state index in [0.717, 1.165) is 21.2 Å². The summed E-state index contributed by atoms with van der Waals surface area (Å²) in [6.07, 6.45) is 3.08. The average molecular weight is 451 g/mol. The summed E-state index contributed by atoms with van der Waals surface area (Å²) in [6.45, 7) is 2.02. The summed E-state index contributed by atoms with van der Waals surface area (Å²) in [7, 11) is 0. The molecule has 0 radical (unpaired) electrons. The van der Waals surface area contributed by atoms with Crippen LogP contribution in [0.4, 0.5) is 9.52 Å². The van der Waals surface area contributed by atoms with Gasteiger partial charge in [-0.05, 0) is 48.9 Å². The Labute approximate surface area is 184 Å². The van der Waals surface area contributed by atoms with Crippen molar-refractivity contribution in [1.82, 2.24) is 24.7 Å². The first kappa shape index (κ1) is 19.6. The van der Waals surface area contributed by atoms with Crippen LogP contribution in [0.1, 0.15) is 5.56 Å². The van der Waals surface area contributed by atoms with Gasteiger partial charge < -0.3 is 5.32 Å². The highest BCUT2D eigenvalue weighted by molar-refractivity contribution is 8.00. The zero-order chi connectivity index (χ0) is 21.4. The third kappa shape index (κ3) is 3.99. The molecule has 0 aliphatic carbocycles. The van der Waals surface area contributed by atoms with E-state index < -0.39 is 0 Å². The van der Waals surface area contributed by atoms with Crippen LogP contribution in [0.15, 0.2) is 60.0 Å². The molecule has 0 aliphatic rings. The van der Waals surface area contributed by atoms with Gasteiger partial charge in [-0.1, -0.05) is 29.2 Å². The molecule has 0 unspecified atom stereocenters. The number of carbonyl (C=O) groups excluding carboxylic acids is 1. The molecule has 5 rings (SSSR count). The van der Waals surface area contributed by atoms with Crippen LogP contribution in [0.25, 0.3) is 26.9 Å². The monoisotopic (exact) mass is 450 g/mol. The lowest BCUT2D eigenvalue weighted by Gasteiger charge is -2.04. The van der Waals surface area contributed by atoms with Crippen LogP contribution >= 0.6 is 23.1 Å². The maximum absolute atomic E-state index is 13.2. The fourth-order valence-electron chi connectivity index (χ4n) is 3.08. The van der Waals surface area contributed by atoms with Gasteiger partial charge in [0.05, 0.1) is 33.2 Å². The number of halogens is 1. The number of aromatic nitrogens is 5. The maximum Gasteiger partial charge on any atom is 0.236 e. The molecule has 1 amide bonds. The number of aryl methyl sites for hydroxylation is 1. The molecule has 10 heteroatoms. The molecule has 0 saturated carbocycles. The summed E-state index contributed by atoms with van der Waals surface area (Å²) in [5, 5.41) is 9.15. The molecule has 2 aromatic carbocycles. The van der Waals surface area contributed by atoms with Crippen LogP contribution in [0.2, 0.25) is 0 Å². The largest absolute Gasteiger partial charge is 0.301 e. The quantitative estimate of drug-likeness (QED) is 0.311. The van der Waals surface area contributed by atoms with Crippen molar-refractivity contribution in [3.63, 3.8) is 0 Å². The number of hydrogen-bond acceptors (Lipinski definition) is 7. The van der Waals surface area contributed by atoms with Gasteiger partial charge in [0.1, 0.15) is 17.2 Å². The van der Waals surface area contributed by atoms with Crippen LogP contribution in [-0.4, -0.2) is 36.4 Å². The minimum absolute atomic E-state index is 0.168. The summed E-state index contributed by atoms with van der Waals surface area (Å²) in [5.74, 6) is -0.318. The first-order valence-electron chi connectivity index (χ1n) is 9.31. The number of hydrogen-bond donors (Lipinski definition) is 1. The van der Waals surface area contributed by atoms with Crippen molar-refractivity contribution in [3.8, 4) is 5.69 Å². The van der Waals surface area contributed by atoms with Gasteiger partial charge in [-0.25, -0.2) is 24.0 Å². The smallest absolute Gasteiger partial charge is 0.236 e. The van der Waals surface area contributed by atoms with Crippen LogP contribution in [0.5, 0.6) is 0 Å². The number of carbonyl (C=O) groups is 1. The van der Waals surface area contributed by atoms with Crippen molar-refractivity contribution < 1.29 is 9.18 Å². The second kappa shape index (κ2) is 8.05. The number of amides is 1. The van der Waals surface area contributed by atoms with Crippen molar-refractivity contribution in [1.29, 1.82) is 0 Å². The van der Waals surface area contributed by atoms with Crippen molar-refractivity contribution in [2.45, 2.75) is 11.9 Å². The van der Waals surface area contributed by atoms with Crippen molar-refractivity contribution >= 4 is 55.4 Å². The summed E-state index contributed by atoms with van der Waals surface area (Å²) in [6, 6.07) is 12.0. The van der Waals surface area contributed by atoms with E-state index in [1.54, 1.807) is 23.0 Å². The third-order valence-electron chi connectivity index (χ3n) is 4.53. The molecule has 0 atom stereocenters. The van der Waals surface area contributed by atoms with Gasteiger partial charge in [-0.3, -0.25) is 4.79 Å². The Bertz CT molecular complexity index is 1410. The van der Waals surface area contributed by atoms with E-state index in [1.807, 2.05) is 25.1 Å². The number of benzene rings is 2. The fraction of sp³-hybridized carbons (Fsp3) is 0.0952. The molecule has 3 heterocycles. The summed E-state index contributed by atoms with van der Waals surface area (Å²) >= 11 is 2.75. The van der Waals surface area contributed by atoms with Gasteiger partial charge in [0.15, 0.2) is 10.8 Å². The minimum Gasteiger partial charge on any atom is -0.301 e. The van der Waals surface area contributed by atoms with Gasteiger partial charge in [0, 0.05) is 0 Å².